The quantitative estimate of drug-likeness (QED) is 0.786. The molecule has 0 radical (unpaired) electrons. The molecule has 0 atom stereocenters. The molecule has 7 heteroatoms. The van der Waals surface area contributed by atoms with Gasteiger partial charge >= 0.3 is 0 Å². The van der Waals surface area contributed by atoms with Gasteiger partial charge in [-0.3, -0.25) is 4.79 Å². The number of hydrogen-bond acceptors (Lipinski definition) is 5. The second-order valence-electron chi connectivity index (χ2n) is 7.11. The lowest BCUT2D eigenvalue weighted by molar-refractivity contribution is 0.0753. The molecule has 2 aromatic rings. The average Bonchev–Trinajstić information content (AvgIpc) is 3.01. The first-order valence-corrected chi connectivity index (χ1v) is 8.77. The van der Waals surface area contributed by atoms with Crippen LogP contribution in [0.25, 0.3) is 0 Å². The van der Waals surface area contributed by atoms with Crippen LogP contribution in [-0.2, 0) is 0 Å². The first kappa shape index (κ1) is 19.7. The first-order valence-electron chi connectivity index (χ1n) is 8.77. The Labute approximate surface area is 163 Å². The molecular formula is C21H23FN2O4. The zero-order valence-electron chi connectivity index (χ0n) is 16.6. The van der Waals surface area contributed by atoms with Crippen LogP contribution < -0.4 is 14.2 Å². The predicted octanol–water partition coefficient (Wildman–Crippen LogP) is 3.74. The minimum atomic E-state index is -0.587. The van der Waals surface area contributed by atoms with Gasteiger partial charge in [-0.2, -0.15) is 5.10 Å². The van der Waals surface area contributed by atoms with Crippen molar-refractivity contribution in [1.29, 1.82) is 0 Å². The van der Waals surface area contributed by atoms with Crippen molar-refractivity contribution in [3.63, 3.8) is 0 Å². The summed E-state index contributed by atoms with van der Waals surface area (Å²) in [5.41, 5.74) is 1.40. The average molecular weight is 386 g/mol. The summed E-state index contributed by atoms with van der Waals surface area (Å²) in [5.74, 6) is 0.332. The summed E-state index contributed by atoms with van der Waals surface area (Å²) >= 11 is 0. The summed E-state index contributed by atoms with van der Waals surface area (Å²) in [6, 6.07) is 9.64. The molecule has 0 N–H and O–H groups in total. The SMILES string of the molecule is COc1ccc(C(=O)N2CC(C)(C)C(c3ccc(OC)c(OC)c3)=N2)cc1F. The summed E-state index contributed by atoms with van der Waals surface area (Å²) in [5, 5.41) is 5.91. The molecule has 2 aromatic carbocycles. The highest BCUT2D eigenvalue weighted by Crippen LogP contribution is 2.35. The number of halogens is 1. The monoisotopic (exact) mass is 386 g/mol. The number of hydrazone groups is 1. The van der Waals surface area contributed by atoms with Gasteiger partial charge in [-0.05, 0) is 36.4 Å². The van der Waals surface area contributed by atoms with E-state index in [2.05, 4.69) is 5.10 Å². The number of rotatable bonds is 5. The van der Waals surface area contributed by atoms with Crippen LogP contribution in [0.3, 0.4) is 0 Å². The summed E-state index contributed by atoms with van der Waals surface area (Å²) in [6.07, 6.45) is 0. The fourth-order valence-electron chi connectivity index (χ4n) is 3.24. The molecule has 1 amide bonds. The van der Waals surface area contributed by atoms with E-state index in [9.17, 15) is 9.18 Å². The molecule has 0 unspecified atom stereocenters. The fourth-order valence-corrected chi connectivity index (χ4v) is 3.24. The molecule has 0 bridgehead atoms. The Morgan fingerprint density at radius 3 is 2.25 bits per heavy atom. The van der Waals surface area contributed by atoms with Crippen LogP contribution in [0.1, 0.15) is 29.8 Å². The Kier molecular flexibility index (Phi) is 5.27. The Morgan fingerprint density at radius 2 is 1.64 bits per heavy atom. The van der Waals surface area contributed by atoms with Crippen molar-refractivity contribution in [3.8, 4) is 17.2 Å². The van der Waals surface area contributed by atoms with E-state index in [0.717, 1.165) is 17.3 Å². The van der Waals surface area contributed by atoms with E-state index in [-0.39, 0.29) is 22.6 Å². The van der Waals surface area contributed by atoms with Gasteiger partial charge in [0.15, 0.2) is 23.1 Å². The highest BCUT2D eigenvalue weighted by molar-refractivity contribution is 6.08. The number of carbonyl (C=O) groups excluding carboxylic acids is 1. The van der Waals surface area contributed by atoms with E-state index in [0.29, 0.717) is 18.0 Å². The lowest BCUT2D eigenvalue weighted by Gasteiger charge is -2.21. The smallest absolute Gasteiger partial charge is 0.274 e. The van der Waals surface area contributed by atoms with Crippen molar-refractivity contribution in [2.24, 2.45) is 10.5 Å². The van der Waals surface area contributed by atoms with Crippen LogP contribution in [0.15, 0.2) is 41.5 Å². The van der Waals surface area contributed by atoms with Crippen molar-refractivity contribution >= 4 is 11.6 Å². The second kappa shape index (κ2) is 7.50. The van der Waals surface area contributed by atoms with Crippen molar-refractivity contribution in [2.75, 3.05) is 27.9 Å². The molecule has 0 fully saturated rings. The normalized spacial score (nSPS) is 15.2. The number of benzene rings is 2. The molecule has 0 spiro atoms. The Hall–Kier alpha value is -3.09. The van der Waals surface area contributed by atoms with E-state index in [1.165, 1.54) is 24.3 Å². The van der Waals surface area contributed by atoms with Gasteiger partial charge in [-0.25, -0.2) is 9.40 Å². The zero-order valence-corrected chi connectivity index (χ0v) is 16.6. The maximum Gasteiger partial charge on any atom is 0.274 e. The fraction of sp³-hybridized carbons (Fsp3) is 0.333. The Bertz CT molecular complexity index is 940. The summed E-state index contributed by atoms with van der Waals surface area (Å²) < 4.78 is 29.5. The second-order valence-corrected chi connectivity index (χ2v) is 7.11. The minimum absolute atomic E-state index is 0.0906. The van der Waals surface area contributed by atoms with Crippen LogP contribution in [-0.4, -0.2) is 44.5 Å². The van der Waals surface area contributed by atoms with Crippen LogP contribution in [0.5, 0.6) is 17.2 Å². The third-order valence-corrected chi connectivity index (χ3v) is 4.70. The number of amides is 1. The van der Waals surface area contributed by atoms with E-state index in [4.69, 9.17) is 14.2 Å². The maximum atomic E-state index is 14.0. The molecule has 1 heterocycles. The van der Waals surface area contributed by atoms with Gasteiger partial charge in [-0.15, -0.1) is 0 Å². The lowest BCUT2D eigenvalue weighted by Crippen LogP contribution is -2.31. The van der Waals surface area contributed by atoms with Crippen molar-refractivity contribution in [3.05, 3.63) is 53.3 Å². The number of methoxy groups -OCH3 is 3. The predicted molar refractivity (Wildman–Crippen MR) is 104 cm³/mol. The molecule has 0 saturated heterocycles. The zero-order chi connectivity index (χ0) is 20.5. The van der Waals surface area contributed by atoms with E-state index in [1.54, 1.807) is 20.3 Å². The summed E-state index contributed by atoms with van der Waals surface area (Å²) in [7, 11) is 4.52. The largest absolute Gasteiger partial charge is 0.494 e. The van der Waals surface area contributed by atoms with Gasteiger partial charge in [0, 0.05) is 16.5 Å². The van der Waals surface area contributed by atoms with Gasteiger partial charge < -0.3 is 14.2 Å². The Balaban J connectivity index is 1.94. The molecule has 1 aliphatic rings. The minimum Gasteiger partial charge on any atom is -0.494 e. The standard InChI is InChI=1S/C21H23FN2O4/c1-21(2)12-24(20(25)14-7-8-16(26-3)15(22)10-14)23-19(21)13-6-9-17(27-4)18(11-13)28-5/h6-11H,12H2,1-5H3. The molecular weight excluding hydrogens is 363 g/mol. The van der Waals surface area contributed by atoms with Gasteiger partial charge in [0.05, 0.1) is 33.6 Å². The van der Waals surface area contributed by atoms with Crippen molar-refractivity contribution in [1.82, 2.24) is 5.01 Å². The van der Waals surface area contributed by atoms with E-state index < -0.39 is 5.82 Å². The first-order chi connectivity index (χ1) is 13.3. The number of hydrogen-bond donors (Lipinski definition) is 0. The highest BCUT2D eigenvalue weighted by Gasteiger charge is 2.38. The summed E-state index contributed by atoms with van der Waals surface area (Å²) in [6.45, 7) is 4.39. The van der Waals surface area contributed by atoms with Gasteiger partial charge in [0.1, 0.15) is 0 Å². The Morgan fingerprint density at radius 1 is 1.00 bits per heavy atom. The molecule has 0 aliphatic carbocycles. The lowest BCUT2D eigenvalue weighted by atomic mass is 9.84. The van der Waals surface area contributed by atoms with Crippen LogP contribution in [0.2, 0.25) is 0 Å². The molecule has 0 aromatic heterocycles. The molecule has 0 saturated carbocycles. The molecule has 148 valence electrons. The van der Waals surface area contributed by atoms with Crippen LogP contribution in [0, 0.1) is 11.2 Å². The van der Waals surface area contributed by atoms with Gasteiger partial charge in [0.25, 0.3) is 5.91 Å². The summed E-state index contributed by atoms with van der Waals surface area (Å²) in [4.78, 5) is 12.9. The van der Waals surface area contributed by atoms with Crippen molar-refractivity contribution in [2.45, 2.75) is 13.8 Å². The topological polar surface area (TPSA) is 60.4 Å². The molecule has 3 rings (SSSR count). The number of ether oxygens (including phenoxy) is 3. The van der Waals surface area contributed by atoms with Crippen LogP contribution >= 0.6 is 0 Å². The van der Waals surface area contributed by atoms with Crippen LogP contribution in [0.4, 0.5) is 4.39 Å². The number of nitrogens with zero attached hydrogens (tertiary/aromatic N) is 2. The maximum absolute atomic E-state index is 14.0. The third-order valence-electron chi connectivity index (χ3n) is 4.70. The van der Waals surface area contributed by atoms with Crippen molar-refractivity contribution < 1.29 is 23.4 Å². The number of carbonyl (C=O) groups is 1. The van der Waals surface area contributed by atoms with E-state index >= 15 is 0 Å². The third kappa shape index (κ3) is 3.52. The molecule has 6 nitrogen and oxygen atoms in total. The van der Waals surface area contributed by atoms with Gasteiger partial charge in [0.2, 0.25) is 0 Å². The van der Waals surface area contributed by atoms with Gasteiger partial charge in [-0.1, -0.05) is 13.8 Å². The van der Waals surface area contributed by atoms with E-state index in [1.807, 2.05) is 26.0 Å². The molecule has 28 heavy (non-hydrogen) atoms. The molecule has 1 aliphatic heterocycles. The highest BCUT2D eigenvalue weighted by atomic mass is 19.1.